The summed E-state index contributed by atoms with van der Waals surface area (Å²) in [5.74, 6) is 0.267. The number of aromatic nitrogens is 4. The monoisotopic (exact) mass is 398 g/mol. The Bertz CT molecular complexity index is 954. The third-order valence-corrected chi connectivity index (χ3v) is 5.27. The highest BCUT2D eigenvalue weighted by Crippen LogP contribution is 2.23. The van der Waals surface area contributed by atoms with Crippen molar-refractivity contribution in [1.82, 2.24) is 24.4 Å². The molecule has 2 aromatic heterocycles. The second-order valence-electron chi connectivity index (χ2n) is 6.27. The van der Waals surface area contributed by atoms with Crippen LogP contribution in [0.3, 0.4) is 0 Å². The molecular formula is C19H19FN6OS. The van der Waals surface area contributed by atoms with E-state index in [1.54, 1.807) is 46.3 Å². The van der Waals surface area contributed by atoms with Gasteiger partial charge in [-0.05, 0) is 36.6 Å². The summed E-state index contributed by atoms with van der Waals surface area (Å²) in [4.78, 5) is 29.9. The van der Waals surface area contributed by atoms with Crippen molar-refractivity contribution in [1.29, 1.82) is 0 Å². The van der Waals surface area contributed by atoms with Crippen molar-refractivity contribution >= 4 is 23.6 Å². The fraction of sp³-hybridized carbons (Fsp3) is 0.263. The number of carbonyl (C=O) groups excluding carboxylic acids is 1. The number of nitrogens with zero attached hydrogens (tertiary/aromatic N) is 6. The number of halogens is 1. The first-order chi connectivity index (χ1) is 13.7. The number of benzene rings is 1. The van der Waals surface area contributed by atoms with Gasteiger partial charge in [-0.25, -0.2) is 19.3 Å². The first kappa shape index (κ1) is 18.4. The van der Waals surface area contributed by atoms with Crippen LogP contribution in [0.5, 0.6) is 0 Å². The van der Waals surface area contributed by atoms with Crippen molar-refractivity contribution in [3.8, 4) is 5.69 Å². The molecular weight excluding hydrogens is 379 g/mol. The molecule has 0 aliphatic carbocycles. The third-order valence-electron chi connectivity index (χ3n) is 4.62. The fourth-order valence-corrected chi connectivity index (χ4v) is 3.74. The van der Waals surface area contributed by atoms with E-state index in [9.17, 15) is 9.18 Å². The molecule has 9 heteroatoms. The Labute approximate surface area is 166 Å². The molecule has 0 bridgehead atoms. The molecule has 0 spiro atoms. The van der Waals surface area contributed by atoms with Crippen LogP contribution in [0.15, 0.2) is 54.1 Å². The SMILES string of the molecule is CSc1ncc(C(=O)N2CCN(c3ncccn3)CC2)n1-c1ccc(F)cc1. The number of amides is 1. The molecule has 0 radical (unpaired) electrons. The number of anilines is 1. The van der Waals surface area contributed by atoms with Gasteiger partial charge in [0.1, 0.15) is 11.5 Å². The van der Waals surface area contributed by atoms with Gasteiger partial charge in [0.25, 0.3) is 5.91 Å². The molecule has 1 amide bonds. The van der Waals surface area contributed by atoms with Crippen molar-refractivity contribution in [3.63, 3.8) is 0 Å². The topological polar surface area (TPSA) is 67.2 Å². The third kappa shape index (κ3) is 3.57. The Balaban J connectivity index is 1.54. The van der Waals surface area contributed by atoms with Crippen molar-refractivity contribution in [3.05, 3.63) is 60.4 Å². The van der Waals surface area contributed by atoms with E-state index in [1.165, 1.54) is 23.9 Å². The van der Waals surface area contributed by atoms with Crippen LogP contribution >= 0.6 is 11.8 Å². The number of rotatable bonds is 4. The average Bonchev–Trinajstić information content (AvgIpc) is 3.18. The standard InChI is InChI=1S/C19H19FN6OS/c1-28-19-23-13-16(26(19)15-5-3-14(20)4-6-15)17(27)24-9-11-25(12-10-24)18-21-7-2-8-22-18/h2-8,13H,9-12H2,1H3. The van der Waals surface area contributed by atoms with Gasteiger partial charge in [0, 0.05) is 44.3 Å². The van der Waals surface area contributed by atoms with E-state index < -0.39 is 0 Å². The summed E-state index contributed by atoms with van der Waals surface area (Å²) in [5.41, 5.74) is 1.18. The second-order valence-corrected chi connectivity index (χ2v) is 7.04. The van der Waals surface area contributed by atoms with Crippen LogP contribution in [0, 0.1) is 5.82 Å². The van der Waals surface area contributed by atoms with E-state index in [1.807, 2.05) is 6.26 Å². The summed E-state index contributed by atoms with van der Waals surface area (Å²) in [6, 6.07) is 7.85. The summed E-state index contributed by atoms with van der Waals surface area (Å²) in [6.07, 6.45) is 6.91. The van der Waals surface area contributed by atoms with Crippen LogP contribution < -0.4 is 4.90 Å². The first-order valence-corrected chi connectivity index (χ1v) is 10.1. The molecule has 3 heterocycles. The lowest BCUT2D eigenvalue weighted by molar-refractivity contribution is 0.0737. The van der Waals surface area contributed by atoms with Gasteiger partial charge in [0.15, 0.2) is 5.16 Å². The van der Waals surface area contributed by atoms with Crippen molar-refractivity contribution in [2.24, 2.45) is 0 Å². The number of piperazine rings is 1. The summed E-state index contributed by atoms with van der Waals surface area (Å²) in [6.45, 7) is 2.46. The van der Waals surface area contributed by atoms with Gasteiger partial charge in [-0.2, -0.15) is 0 Å². The van der Waals surface area contributed by atoms with Crippen LogP contribution in [-0.4, -0.2) is 62.8 Å². The lowest BCUT2D eigenvalue weighted by Crippen LogP contribution is -2.49. The second kappa shape index (κ2) is 7.97. The van der Waals surface area contributed by atoms with Crippen LogP contribution in [0.1, 0.15) is 10.5 Å². The summed E-state index contributed by atoms with van der Waals surface area (Å²) >= 11 is 1.44. The van der Waals surface area contributed by atoms with E-state index in [-0.39, 0.29) is 11.7 Å². The zero-order valence-corrected chi connectivity index (χ0v) is 16.1. The molecule has 0 N–H and O–H groups in total. The van der Waals surface area contributed by atoms with Gasteiger partial charge in [0.2, 0.25) is 5.95 Å². The first-order valence-electron chi connectivity index (χ1n) is 8.86. The van der Waals surface area contributed by atoms with Crippen LogP contribution in [-0.2, 0) is 0 Å². The molecule has 4 rings (SSSR count). The predicted molar refractivity (Wildman–Crippen MR) is 105 cm³/mol. The van der Waals surface area contributed by atoms with Crippen molar-refractivity contribution in [2.45, 2.75) is 5.16 Å². The normalized spacial score (nSPS) is 14.4. The van der Waals surface area contributed by atoms with E-state index in [2.05, 4.69) is 19.9 Å². The molecule has 1 aromatic carbocycles. The number of hydrogen-bond acceptors (Lipinski definition) is 6. The minimum atomic E-state index is -0.318. The van der Waals surface area contributed by atoms with Crippen LogP contribution in [0.25, 0.3) is 5.69 Å². The van der Waals surface area contributed by atoms with Gasteiger partial charge in [-0.3, -0.25) is 9.36 Å². The summed E-state index contributed by atoms with van der Waals surface area (Å²) in [7, 11) is 0. The van der Waals surface area contributed by atoms with Crippen LogP contribution in [0.4, 0.5) is 10.3 Å². The van der Waals surface area contributed by atoms with Crippen LogP contribution in [0.2, 0.25) is 0 Å². The Kier molecular flexibility index (Phi) is 5.25. The van der Waals surface area contributed by atoms with E-state index in [0.717, 1.165) is 0 Å². The fourth-order valence-electron chi connectivity index (χ4n) is 3.20. The van der Waals surface area contributed by atoms with Gasteiger partial charge in [-0.15, -0.1) is 0 Å². The Morgan fingerprint density at radius 2 is 1.71 bits per heavy atom. The minimum Gasteiger partial charge on any atom is -0.337 e. The van der Waals surface area contributed by atoms with E-state index in [0.29, 0.717) is 48.7 Å². The quantitative estimate of drug-likeness (QED) is 0.629. The van der Waals surface area contributed by atoms with Gasteiger partial charge in [0.05, 0.1) is 6.20 Å². The highest BCUT2D eigenvalue weighted by Gasteiger charge is 2.27. The highest BCUT2D eigenvalue weighted by atomic mass is 32.2. The molecule has 1 fully saturated rings. The maximum absolute atomic E-state index is 13.3. The van der Waals surface area contributed by atoms with Gasteiger partial charge >= 0.3 is 0 Å². The van der Waals surface area contributed by atoms with E-state index >= 15 is 0 Å². The molecule has 144 valence electrons. The molecule has 7 nitrogen and oxygen atoms in total. The molecule has 1 aliphatic heterocycles. The van der Waals surface area contributed by atoms with Crippen molar-refractivity contribution < 1.29 is 9.18 Å². The molecule has 1 saturated heterocycles. The molecule has 28 heavy (non-hydrogen) atoms. The molecule has 0 atom stereocenters. The lowest BCUT2D eigenvalue weighted by atomic mass is 10.2. The number of imidazole rings is 1. The smallest absolute Gasteiger partial charge is 0.272 e. The Morgan fingerprint density at radius 1 is 1.04 bits per heavy atom. The molecule has 0 saturated carbocycles. The molecule has 3 aromatic rings. The highest BCUT2D eigenvalue weighted by molar-refractivity contribution is 7.98. The zero-order chi connectivity index (χ0) is 19.5. The number of thioether (sulfide) groups is 1. The van der Waals surface area contributed by atoms with Crippen molar-refractivity contribution in [2.75, 3.05) is 37.3 Å². The predicted octanol–water partition coefficient (Wildman–Crippen LogP) is 2.49. The number of hydrogen-bond donors (Lipinski definition) is 0. The number of carbonyl (C=O) groups is 1. The largest absolute Gasteiger partial charge is 0.337 e. The molecule has 1 aliphatic rings. The van der Waals surface area contributed by atoms with Gasteiger partial charge < -0.3 is 9.80 Å². The zero-order valence-electron chi connectivity index (χ0n) is 15.3. The maximum Gasteiger partial charge on any atom is 0.272 e. The maximum atomic E-state index is 13.3. The molecule has 0 unspecified atom stereocenters. The summed E-state index contributed by atoms with van der Waals surface area (Å²) in [5, 5.41) is 0.686. The lowest BCUT2D eigenvalue weighted by Gasteiger charge is -2.34. The average molecular weight is 398 g/mol. The Hall–Kier alpha value is -2.94. The Morgan fingerprint density at radius 3 is 2.36 bits per heavy atom. The summed E-state index contributed by atoms with van der Waals surface area (Å²) < 4.78 is 15.1. The minimum absolute atomic E-state index is 0.0919. The van der Waals surface area contributed by atoms with Gasteiger partial charge in [-0.1, -0.05) is 11.8 Å². The van der Waals surface area contributed by atoms with E-state index in [4.69, 9.17) is 0 Å².